The summed E-state index contributed by atoms with van der Waals surface area (Å²) in [6.45, 7) is 8.84. The van der Waals surface area contributed by atoms with Gasteiger partial charge in [0.15, 0.2) is 6.61 Å². The van der Waals surface area contributed by atoms with E-state index >= 15 is 0 Å². The van der Waals surface area contributed by atoms with Crippen LogP contribution >= 0.6 is 11.3 Å². The molecule has 2 N–H and O–H groups in total. The lowest BCUT2D eigenvalue weighted by atomic mass is 10.1. The van der Waals surface area contributed by atoms with E-state index in [0.29, 0.717) is 10.6 Å². The maximum atomic E-state index is 12.4. The van der Waals surface area contributed by atoms with Crippen LogP contribution in [0.15, 0.2) is 0 Å². The van der Waals surface area contributed by atoms with E-state index in [0.717, 1.165) is 29.7 Å². The first kappa shape index (κ1) is 22.2. The number of rotatable bonds is 10. The Morgan fingerprint density at radius 3 is 2.46 bits per heavy atom. The second-order valence-corrected chi connectivity index (χ2v) is 7.79. The number of amides is 2. The molecule has 146 valence electrons. The summed E-state index contributed by atoms with van der Waals surface area (Å²) in [5.74, 6) is -1.16. The van der Waals surface area contributed by atoms with Gasteiger partial charge < -0.3 is 15.4 Å². The number of hydrogen-bond acceptors (Lipinski definition) is 5. The highest BCUT2D eigenvalue weighted by Gasteiger charge is 2.22. The summed E-state index contributed by atoms with van der Waals surface area (Å²) in [6, 6.07) is 0.0538. The molecule has 0 aliphatic heterocycles. The fourth-order valence-corrected chi connectivity index (χ4v) is 3.68. The molecule has 1 rings (SSSR count). The van der Waals surface area contributed by atoms with Crippen LogP contribution in [-0.4, -0.2) is 30.4 Å². The Morgan fingerprint density at radius 2 is 1.85 bits per heavy atom. The minimum absolute atomic E-state index is 0.0538. The molecule has 1 aromatic rings. The van der Waals surface area contributed by atoms with Crippen molar-refractivity contribution < 1.29 is 19.1 Å². The zero-order valence-corrected chi connectivity index (χ0v) is 17.2. The Hall–Kier alpha value is -1.89. The first-order valence-corrected chi connectivity index (χ1v) is 9.91. The molecule has 0 saturated heterocycles. The van der Waals surface area contributed by atoms with Gasteiger partial charge in [0.1, 0.15) is 5.00 Å². The summed E-state index contributed by atoms with van der Waals surface area (Å²) in [5, 5.41) is 5.95. The van der Waals surface area contributed by atoms with E-state index in [1.165, 1.54) is 31.1 Å². The van der Waals surface area contributed by atoms with Gasteiger partial charge in [-0.15, -0.1) is 11.3 Å². The number of thiophene rings is 1. The molecule has 0 unspecified atom stereocenters. The average molecular weight is 383 g/mol. The van der Waals surface area contributed by atoms with E-state index in [9.17, 15) is 14.4 Å². The summed E-state index contributed by atoms with van der Waals surface area (Å²) < 4.78 is 5.15. The zero-order valence-electron chi connectivity index (χ0n) is 16.4. The predicted octanol–water partition coefficient (Wildman–Crippen LogP) is 3.96. The van der Waals surface area contributed by atoms with Gasteiger partial charge in [0.05, 0.1) is 5.56 Å². The fourth-order valence-electron chi connectivity index (χ4n) is 2.59. The molecular weight excluding hydrogens is 352 g/mol. The lowest BCUT2D eigenvalue weighted by Gasteiger charge is -2.14. The lowest BCUT2D eigenvalue weighted by Crippen LogP contribution is -2.35. The molecule has 0 bridgehead atoms. The van der Waals surface area contributed by atoms with Crippen molar-refractivity contribution in [3.8, 4) is 0 Å². The third-order valence-corrected chi connectivity index (χ3v) is 5.23. The molecule has 0 radical (unpaired) electrons. The molecule has 0 aromatic carbocycles. The van der Waals surface area contributed by atoms with Gasteiger partial charge >= 0.3 is 5.97 Å². The molecule has 1 atom stereocenters. The Kier molecular flexibility index (Phi) is 9.34. The molecular formula is C19H30N2O4S. The van der Waals surface area contributed by atoms with Crippen LogP contribution in [0.2, 0.25) is 0 Å². The summed E-state index contributed by atoms with van der Waals surface area (Å²) in [5.41, 5.74) is 1.08. The number of carbonyl (C=O) groups is 3. The Bertz CT molecular complexity index is 640. The largest absolute Gasteiger partial charge is 0.452 e. The highest BCUT2D eigenvalue weighted by atomic mass is 32.1. The summed E-state index contributed by atoms with van der Waals surface area (Å²) in [7, 11) is 0. The standard InChI is InChI=1S/C19H30N2O4S/c1-6-7-8-9-10-12(2)20-16(23)11-25-19(24)17-13(3)14(4)26-18(17)21-15(5)22/h12H,6-11H2,1-5H3,(H,20,23)(H,21,22)/t12-/m0/s1. The van der Waals surface area contributed by atoms with E-state index < -0.39 is 5.97 Å². The number of anilines is 1. The van der Waals surface area contributed by atoms with Crippen LogP contribution in [0.1, 0.15) is 73.7 Å². The van der Waals surface area contributed by atoms with E-state index in [-0.39, 0.29) is 24.5 Å². The van der Waals surface area contributed by atoms with Crippen LogP contribution in [0.3, 0.4) is 0 Å². The van der Waals surface area contributed by atoms with E-state index in [4.69, 9.17) is 4.74 Å². The van der Waals surface area contributed by atoms with Crippen LogP contribution in [0.25, 0.3) is 0 Å². The molecule has 0 aliphatic carbocycles. The number of esters is 1. The van der Waals surface area contributed by atoms with Crippen molar-refractivity contribution >= 4 is 34.1 Å². The molecule has 0 fully saturated rings. The number of nitrogens with one attached hydrogen (secondary N) is 2. The normalized spacial score (nSPS) is 11.7. The van der Waals surface area contributed by atoms with Crippen molar-refractivity contribution in [1.82, 2.24) is 5.32 Å². The van der Waals surface area contributed by atoms with Crippen LogP contribution in [-0.2, 0) is 14.3 Å². The van der Waals surface area contributed by atoms with Gasteiger partial charge in [-0.2, -0.15) is 0 Å². The number of aryl methyl sites for hydroxylation is 1. The molecule has 1 heterocycles. The summed E-state index contributed by atoms with van der Waals surface area (Å²) >= 11 is 1.32. The maximum absolute atomic E-state index is 12.4. The van der Waals surface area contributed by atoms with Crippen LogP contribution in [0, 0.1) is 13.8 Å². The van der Waals surface area contributed by atoms with Gasteiger partial charge in [0, 0.05) is 17.8 Å². The number of hydrogen-bond donors (Lipinski definition) is 2. The zero-order chi connectivity index (χ0) is 19.7. The minimum Gasteiger partial charge on any atom is -0.452 e. The number of carbonyl (C=O) groups excluding carboxylic acids is 3. The van der Waals surface area contributed by atoms with Gasteiger partial charge in [0.2, 0.25) is 5.91 Å². The van der Waals surface area contributed by atoms with Crippen LogP contribution < -0.4 is 10.6 Å². The molecule has 7 heteroatoms. The van der Waals surface area contributed by atoms with Crippen molar-refractivity contribution in [2.24, 2.45) is 0 Å². The topological polar surface area (TPSA) is 84.5 Å². The van der Waals surface area contributed by atoms with Gasteiger partial charge in [-0.1, -0.05) is 32.6 Å². The lowest BCUT2D eigenvalue weighted by molar-refractivity contribution is -0.124. The average Bonchev–Trinajstić information content (AvgIpc) is 2.82. The second-order valence-electron chi connectivity index (χ2n) is 6.56. The van der Waals surface area contributed by atoms with E-state index in [1.807, 2.05) is 13.8 Å². The van der Waals surface area contributed by atoms with Crippen molar-refractivity contribution in [3.63, 3.8) is 0 Å². The second kappa shape index (κ2) is 11.0. The Labute approximate surface area is 159 Å². The summed E-state index contributed by atoms with van der Waals surface area (Å²) in [6.07, 6.45) is 5.53. The Balaban J connectivity index is 2.53. The number of unbranched alkanes of at least 4 members (excludes halogenated alkanes) is 3. The maximum Gasteiger partial charge on any atom is 0.341 e. The molecule has 0 saturated carbocycles. The van der Waals surface area contributed by atoms with Gasteiger partial charge in [-0.25, -0.2) is 4.79 Å². The highest BCUT2D eigenvalue weighted by Crippen LogP contribution is 2.32. The van der Waals surface area contributed by atoms with Gasteiger partial charge in [-0.05, 0) is 32.8 Å². The summed E-state index contributed by atoms with van der Waals surface area (Å²) in [4.78, 5) is 36.6. The molecule has 0 aliphatic rings. The minimum atomic E-state index is -0.596. The predicted molar refractivity (Wildman–Crippen MR) is 105 cm³/mol. The third kappa shape index (κ3) is 7.15. The third-order valence-electron chi connectivity index (χ3n) is 4.11. The van der Waals surface area contributed by atoms with E-state index in [2.05, 4.69) is 17.6 Å². The smallest absolute Gasteiger partial charge is 0.341 e. The first-order chi connectivity index (χ1) is 12.3. The fraction of sp³-hybridized carbons (Fsp3) is 0.632. The first-order valence-electron chi connectivity index (χ1n) is 9.10. The molecule has 1 aromatic heterocycles. The van der Waals surface area contributed by atoms with Crippen LogP contribution in [0.5, 0.6) is 0 Å². The molecule has 2 amide bonds. The highest BCUT2D eigenvalue weighted by molar-refractivity contribution is 7.16. The molecule has 0 spiro atoms. The number of ether oxygens (including phenoxy) is 1. The van der Waals surface area contributed by atoms with E-state index in [1.54, 1.807) is 6.92 Å². The van der Waals surface area contributed by atoms with Crippen molar-refractivity contribution in [3.05, 3.63) is 16.0 Å². The van der Waals surface area contributed by atoms with Crippen LogP contribution in [0.4, 0.5) is 5.00 Å². The van der Waals surface area contributed by atoms with Crippen molar-refractivity contribution in [2.45, 2.75) is 72.8 Å². The Morgan fingerprint density at radius 1 is 1.15 bits per heavy atom. The molecule has 6 nitrogen and oxygen atoms in total. The van der Waals surface area contributed by atoms with Crippen molar-refractivity contribution in [2.75, 3.05) is 11.9 Å². The quantitative estimate of drug-likeness (QED) is 0.474. The monoisotopic (exact) mass is 382 g/mol. The molecule has 26 heavy (non-hydrogen) atoms. The van der Waals surface area contributed by atoms with Gasteiger partial charge in [-0.3, -0.25) is 9.59 Å². The SMILES string of the molecule is CCCCCC[C@H](C)NC(=O)COC(=O)c1c(NC(C)=O)sc(C)c1C. The van der Waals surface area contributed by atoms with Gasteiger partial charge in [0.25, 0.3) is 5.91 Å². The van der Waals surface area contributed by atoms with Crippen molar-refractivity contribution in [1.29, 1.82) is 0 Å².